The third-order valence-corrected chi connectivity index (χ3v) is 4.07. The summed E-state index contributed by atoms with van der Waals surface area (Å²) in [6.45, 7) is 2.02. The van der Waals surface area contributed by atoms with Crippen LogP contribution in [-0.2, 0) is 0 Å². The van der Waals surface area contributed by atoms with Crippen LogP contribution in [0.3, 0.4) is 0 Å². The first-order valence-corrected chi connectivity index (χ1v) is 8.21. The Labute approximate surface area is 150 Å². The predicted molar refractivity (Wildman–Crippen MR) is 101 cm³/mol. The summed E-state index contributed by atoms with van der Waals surface area (Å²) in [6.07, 6.45) is 1.99. The van der Waals surface area contributed by atoms with E-state index in [2.05, 4.69) is 16.3 Å². The number of benzene rings is 2. The van der Waals surface area contributed by atoms with Gasteiger partial charge in [0.1, 0.15) is 23.1 Å². The first kappa shape index (κ1) is 15.7. The molecular formula is C21H15N5. The molecule has 26 heavy (non-hydrogen) atoms. The van der Waals surface area contributed by atoms with Gasteiger partial charge >= 0.3 is 0 Å². The highest BCUT2D eigenvalue weighted by atomic mass is 15.2. The zero-order chi connectivity index (χ0) is 17.9. The van der Waals surface area contributed by atoms with Crippen molar-refractivity contribution in [3.8, 4) is 17.3 Å². The SMILES string of the molecule is Cc1ccc2nc(-c3ccccc3)c(N=Nc3ccccc3C#N)n2c1. The molecule has 0 saturated carbocycles. The van der Waals surface area contributed by atoms with Gasteiger partial charge in [0.2, 0.25) is 0 Å². The van der Waals surface area contributed by atoms with E-state index in [1.54, 1.807) is 12.1 Å². The minimum Gasteiger partial charge on any atom is -0.282 e. The lowest BCUT2D eigenvalue weighted by atomic mass is 10.1. The summed E-state index contributed by atoms with van der Waals surface area (Å²) >= 11 is 0. The van der Waals surface area contributed by atoms with Crippen LogP contribution >= 0.6 is 0 Å². The van der Waals surface area contributed by atoms with Gasteiger partial charge in [0.15, 0.2) is 5.82 Å². The summed E-state index contributed by atoms with van der Waals surface area (Å²) in [4.78, 5) is 4.72. The maximum Gasteiger partial charge on any atom is 0.187 e. The number of aryl methyl sites for hydroxylation is 1. The van der Waals surface area contributed by atoms with Gasteiger partial charge in [0.25, 0.3) is 0 Å². The molecule has 0 unspecified atom stereocenters. The molecule has 124 valence electrons. The van der Waals surface area contributed by atoms with E-state index in [4.69, 9.17) is 4.98 Å². The molecular weight excluding hydrogens is 322 g/mol. The van der Waals surface area contributed by atoms with E-state index in [-0.39, 0.29) is 0 Å². The standard InChI is InChI=1S/C21H15N5/c1-15-11-12-19-23-20(16-7-3-2-4-8-16)21(26(19)14-15)25-24-18-10-6-5-9-17(18)13-22/h2-12,14H,1H3. The van der Waals surface area contributed by atoms with E-state index < -0.39 is 0 Å². The van der Waals surface area contributed by atoms with Gasteiger partial charge in [-0.3, -0.25) is 4.40 Å². The highest BCUT2D eigenvalue weighted by Crippen LogP contribution is 2.32. The second-order valence-electron chi connectivity index (χ2n) is 5.91. The molecule has 5 nitrogen and oxygen atoms in total. The molecule has 2 aromatic carbocycles. The third kappa shape index (κ3) is 2.85. The molecule has 2 aromatic heterocycles. The monoisotopic (exact) mass is 337 g/mol. The summed E-state index contributed by atoms with van der Waals surface area (Å²) in [5.74, 6) is 0.641. The minimum atomic E-state index is 0.488. The number of nitriles is 1. The van der Waals surface area contributed by atoms with Gasteiger partial charge in [-0.1, -0.05) is 48.5 Å². The highest BCUT2D eigenvalue weighted by Gasteiger charge is 2.14. The fourth-order valence-electron chi connectivity index (χ4n) is 2.78. The highest BCUT2D eigenvalue weighted by molar-refractivity contribution is 5.74. The summed E-state index contributed by atoms with van der Waals surface area (Å²) in [5, 5.41) is 18.0. The van der Waals surface area contributed by atoms with Crippen LogP contribution < -0.4 is 0 Å². The number of nitrogens with zero attached hydrogens (tertiary/aromatic N) is 5. The smallest absolute Gasteiger partial charge is 0.187 e. The number of imidazole rings is 1. The van der Waals surface area contributed by atoms with Crippen LogP contribution in [0.1, 0.15) is 11.1 Å². The molecule has 0 saturated heterocycles. The number of rotatable bonds is 3. The van der Waals surface area contributed by atoms with E-state index in [0.717, 1.165) is 22.5 Å². The van der Waals surface area contributed by atoms with Crippen LogP contribution in [0.15, 0.2) is 83.2 Å². The van der Waals surface area contributed by atoms with E-state index >= 15 is 0 Å². The van der Waals surface area contributed by atoms with Gasteiger partial charge in [-0.25, -0.2) is 4.98 Å². The van der Waals surface area contributed by atoms with Crippen LogP contribution in [-0.4, -0.2) is 9.38 Å². The molecule has 0 spiro atoms. The van der Waals surface area contributed by atoms with Crippen molar-refractivity contribution in [1.29, 1.82) is 5.26 Å². The average Bonchev–Trinajstić information content (AvgIpc) is 3.05. The average molecular weight is 337 g/mol. The fourth-order valence-corrected chi connectivity index (χ4v) is 2.78. The predicted octanol–water partition coefficient (Wildman–Crippen LogP) is 5.60. The summed E-state index contributed by atoms with van der Waals surface area (Å²) in [6, 6.07) is 23.2. The molecule has 4 rings (SSSR count). The first-order valence-electron chi connectivity index (χ1n) is 8.21. The van der Waals surface area contributed by atoms with Gasteiger partial charge in [-0.2, -0.15) is 5.26 Å². The maximum absolute atomic E-state index is 9.25. The zero-order valence-corrected chi connectivity index (χ0v) is 14.2. The zero-order valence-electron chi connectivity index (χ0n) is 14.2. The lowest BCUT2D eigenvalue weighted by Crippen LogP contribution is -1.85. The normalized spacial score (nSPS) is 11.1. The molecule has 0 fully saturated rings. The molecule has 0 aliphatic rings. The van der Waals surface area contributed by atoms with Crippen molar-refractivity contribution < 1.29 is 0 Å². The van der Waals surface area contributed by atoms with Crippen molar-refractivity contribution in [2.75, 3.05) is 0 Å². The van der Waals surface area contributed by atoms with E-state index in [1.807, 2.05) is 72.1 Å². The fraction of sp³-hybridized carbons (Fsp3) is 0.0476. The quantitative estimate of drug-likeness (QED) is 0.457. The second kappa shape index (κ2) is 6.61. The van der Waals surface area contributed by atoms with Gasteiger partial charge in [-0.05, 0) is 30.7 Å². The Bertz CT molecular complexity index is 1150. The van der Waals surface area contributed by atoms with Crippen molar-refractivity contribution in [3.05, 3.63) is 84.1 Å². The maximum atomic E-state index is 9.25. The van der Waals surface area contributed by atoms with Crippen molar-refractivity contribution in [2.45, 2.75) is 6.92 Å². The summed E-state index contributed by atoms with van der Waals surface area (Å²) < 4.78 is 1.93. The van der Waals surface area contributed by atoms with Crippen LogP contribution in [0.5, 0.6) is 0 Å². The number of azo groups is 1. The molecule has 0 bridgehead atoms. The third-order valence-electron chi connectivity index (χ3n) is 4.07. The molecule has 0 amide bonds. The Morgan fingerprint density at radius 1 is 0.923 bits per heavy atom. The topological polar surface area (TPSA) is 65.8 Å². The Hall–Kier alpha value is -3.78. The molecule has 4 aromatic rings. The van der Waals surface area contributed by atoms with Crippen LogP contribution in [0.2, 0.25) is 0 Å². The second-order valence-corrected chi connectivity index (χ2v) is 5.91. The Kier molecular flexibility index (Phi) is 4.00. The van der Waals surface area contributed by atoms with Crippen LogP contribution in [0, 0.1) is 18.3 Å². The molecule has 0 aliphatic heterocycles. The van der Waals surface area contributed by atoms with Crippen LogP contribution in [0.25, 0.3) is 16.9 Å². The number of fused-ring (bicyclic) bond motifs is 1. The van der Waals surface area contributed by atoms with Crippen LogP contribution in [0.4, 0.5) is 11.5 Å². The van der Waals surface area contributed by atoms with Crippen molar-refractivity contribution in [3.63, 3.8) is 0 Å². The van der Waals surface area contributed by atoms with E-state index in [1.165, 1.54) is 0 Å². The molecule has 0 atom stereocenters. The summed E-state index contributed by atoms with van der Waals surface area (Å²) in [7, 11) is 0. The number of pyridine rings is 1. The van der Waals surface area contributed by atoms with Crippen molar-refractivity contribution >= 4 is 17.2 Å². The van der Waals surface area contributed by atoms with Crippen molar-refractivity contribution in [1.82, 2.24) is 9.38 Å². The lowest BCUT2D eigenvalue weighted by Gasteiger charge is -2.01. The minimum absolute atomic E-state index is 0.488. The van der Waals surface area contributed by atoms with Gasteiger partial charge in [0, 0.05) is 11.8 Å². The molecule has 0 radical (unpaired) electrons. The van der Waals surface area contributed by atoms with E-state index in [9.17, 15) is 5.26 Å². The van der Waals surface area contributed by atoms with Gasteiger partial charge < -0.3 is 0 Å². The summed E-state index contributed by atoms with van der Waals surface area (Å²) in [5.41, 5.74) is 4.66. The molecule has 0 N–H and O–H groups in total. The first-order chi connectivity index (χ1) is 12.8. The number of hydrogen-bond donors (Lipinski definition) is 0. The number of hydrogen-bond acceptors (Lipinski definition) is 4. The molecule has 0 aliphatic carbocycles. The largest absolute Gasteiger partial charge is 0.282 e. The molecule has 5 heteroatoms. The Balaban J connectivity index is 1.91. The Morgan fingerprint density at radius 2 is 1.69 bits per heavy atom. The Morgan fingerprint density at radius 3 is 2.50 bits per heavy atom. The van der Waals surface area contributed by atoms with Gasteiger partial charge in [-0.15, -0.1) is 10.2 Å². The van der Waals surface area contributed by atoms with Crippen molar-refractivity contribution in [2.24, 2.45) is 10.2 Å². The number of aromatic nitrogens is 2. The lowest BCUT2D eigenvalue weighted by molar-refractivity contribution is 1.09. The van der Waals surface area contributed by atoms with Gasteiger partial charge in [0.05, 0.1) is 5.56 Å². The van der Waals surface area contributed by atoms with E-state index in [0.29, 0.717) is 17.1 Å². The molecule has 2 heterocycles.